The Kier molecular flexibility index (Phi) is 4.14. The molecule has 5 nitrogen and oxygen atoms in total. The fourth-order valence-corrected chi connectivity index (χ4v) is 2.65. The lowest BCUT2D eigenvalue weighted by atomic mass is 10.1. The lowest BCUT2D eigenvalue weighted by molar-refractivity contribution is -0.380. The molecule has 2 aromatic rings. The molecular weight excluding hydrogens is 276 g/mol. The lowest BCUT2D eigenvalue weighted by Gasteiger charge is -2.24. The zero-order chi connectivity index (χ0) is 14.7. The Bertz CT molecular complexity index is 624. The number of nitro groups is 1. The van der Waals surface area contributed by atoms with Crippen molar-refractivity contribution in [3.8, 4) is 0 Å². The summed E-state index contributed by atoms with van der Waals surface area (Å²) in [5.74, 6) is -0.209. The lowest BCUT2D eigenvalue weighted by Crippen LogP contribution is -2.28. The summed E-state index contributed by atoms with van der Waals surface area (Å²) in [5, 5.41) is 10.6. The van der Waals surface area contributed by atoms with Crippen molar-refractivity contribution in [2.45, 2.75) is 13.0 Å². The standard InChI is InChI=1S/C14H14N2O3S/c1-10(11-6-4-3-5-7-11)15(2)14(17)12-8-9-13(20-12)16(18)19/h3-10H,1-2H3. The van der Waals surface area contributed by atoms with Crippen LogP contribution in [0.25, 0.3) is 0 Å². The van der Waals surface area contributed by atoms with Crippen LogP contribution in [0, 0.1) is 10.1 Å². The van der Waals surface area contributed by atoms with Crippen molar-refractivity contribution in [2.24, 2.45) is 0 Å². The highest BCUT2D eigenvalue weighted by atomic mass is 32.1. The molecule has 2 rings (SSSR count). The quantitative estimate of drug-likeness (QED) is 0.639. The molecule has 1 amide bonds. The minimum atomic E-state index is -0.484. The van der Waals surface area contributed by atoms with Gasteiger partial charge < -0.3 is 4.90 Å². The van der Waals surface area contributed by atoms with Gasteiger partial charge >= 0.3 is 5.00 Å². The summed E-state index contributed by atoms with van der Waals surface area (Å²) in [6.45, 7) is 1.93. The van der Waals surface area contributed by atoms with Crippen LogP contribution < -0.4 is 0 Å². The first-order valence-corrected chi connectivity index (χ1v) is 6.88. The van der Waals surface area contributed by atoms with E-state index in [1.807, 2.05) is 37.3 Å². The third-order valence-electron chi connectivity index (χ3n) is 3.17. The molecule has 0 saturated heterocycles. The number of hydrogen-bond donors (Lipinski definition) is 0. The fraction of sp³-hybridized carbons (Fsp3) is 0.214. The second-order valence-electron chi connectivity index (χ2n) is 4.40. The van der Waals surface area contributed by atoms with Crippen LogP contribution in [0.4, 0.5) is 5.00 Å². The third kappa shape index (κ3) is 2.85. The largest absolute Gasteiger partial charge is 0.334 e. The van der Waals surface area contributed by atoms with Crippen molar-refractivity contribution in [3.05, 3.63) is 63.0 Å². The van der Waals surface area contributed by atoms with Gasteiger partial charge in [-0.2, -0.15) is 0 Å². The molecule has 1 heterocycles. The van der Waals surface area contributed by atoms with Crippen molar-refractivity contribution in [1.29, 1.82) is 0 Å². The number of benzene rings is 1. The molecule has 0 aliphatic rings. The van der Waals surface area contributed by atoms with Crippen molar-refractivity contribution < 1.29 is 9.72 Å². The van der Waals surface area contributed by atoms with Crippen LogP contribution in [0.2, 0.25) is 0 Å². The highest BCUT2D eigenvalue weighted by Gasteiger charge is 2.22. The molecule has 20 heavy (non-hydrogen) atoms. The van der Waals surface area contributed by atoms with Crippen molar-refractivity contribution in [3.63, 3.8) is 0 Å². The maximum atomic E-state index is 12.3. The van der Waals surface area contributed by atoms with Gasteiger partial charge in [0.2, 0.25) is 0 Å². The molecular formula is C14H14N2O3S. The summed E-state index contributed by atoms with van der Waals surface area (Å²) < 4.78 is 0. The summed E-state index contributed by atoms with van der Waals surface area (Å²) in [4.78, 5) is 24.4. The summed E-state index contributed by atoms with van der Waals surface area (Å²) in [5.41, 5.74) is 1.02. The Morgan fingerprint density at radius 2 is 1.90 bits per heavy atom. The van der Waals surface area contributed by atoms with Gasteiger partial charge in [0.1, 0.15) is 0 Å². The van der Waals surface area contributed by atoms with Gasteiger partial charge in [-0.1, -0.05) is 41.7 Å². The van der Waals surface area contributed by atoms with E-state index in [2.05, 4.69) is 0 Å². The number of carbonyl (C=O) groups excluding carboxylic acids is 1. The highest BCUT2D eigenvalue weighted by Crippen LogP contribution is 2.27. The maximum Gasteiger partial charge on any atom is 0.324 e. The topological polar surface area (TPSA) is 63.5 Å². The summed E-state index contributed by atoms with van der Waals surface area (Å²) >= 11 is 0.900. The first kappa shape index (κ1) is 14.2. The average molecular weight is 290 g/mol. The number of carbonyl (C=O) groups is 1. The molecule has 1 unspecified atom stereocenters. The summed E-state index contributed by atoms with van der Waals surface area (Å²) in [7, 11) is 1.70. The Morgan fingerprint density at radius 1 is 1.25 bits per heavy atom. The van der Waals surface area contributed by atoms with Gasteiger partial charge in [-0.05, 0) is 18.6 Å². The predicted octanol–water partition coefficient (Wildman–Crippen LogP) is 3.49. The molecule has 104 valence electrons. The highest BCUT2D eigenvalue weighted by molar-refractivity contribution is 7.17. The maximum absolute atomic E-state index is 12.3. The SMILES string of the molecule is CC(c1ccccc1)N(C)C(=O)c1ccc([N+](=O)[O-])s1. The smallest absolute Gasteiger partial charge is 0.324 e. The third-order valence-corrected chi connectivity index (χ3v) is 4.19. The number of rotatable bonds is 4. The van der Waals surface area contributed by atoms with Crippen LogP contribution in [-0.4, -0.2) is 22.8 Å². The van der Waals surface area contributed by atoms with E-state index in [0.29, 0.717) is 4.88 Å². The molecule has 1 aromatic heterocycles. The second-order valence-corrected chi connectivity index (χ2v) is 5.46. The molecule has 0 bridgehead atoms. The summed E-state index contributed by atoms with van der Waals surface area (Å²) in [6.07, 6.45) is 0. The van der Waals surface area contributed by atoms with E-state index in [1.54, 1.807) is 11.9 Å². The van der Waals surface area contributed by atoms with Crippen LogP contribution >= 0.6 is 11.3 Å². The van der Waals surface area contributed by atoms with E-state index in [4.69, 9.17) is 0 Å². The van der Waals surface area contributed by atoms with Gasteiger partial charge in [0.05, 0.1) is 15.8 Å². The number of nitrogens with zero attached hydrogens (tertiary/aromatic N) is 2. The average Bonchev–Trinajstić information content (AvgIpc) is 2.96. The molecule has 0 spiro atoms. The van der Waals surface area contributed by atoms with Crippen LogP contribution in [-0.2, 0) is 0 Å². The second kappa shape index (κ2) is 5.83. The molecule has 0 N–H and O–H groups in total. The van der Waals surface area contributed by atoms with Crippen molar-refractivity contribution >= 4 is 22.2 Å². The first-order valence-electron chi connectivity index (χ1n) is 6.07. The van der Waals surface area contributed by atoms with E-state index in [1.165, 1.54) is 12.1 Å². The van der Waals surface area contributed by atoms with Crippen LogP contribution in [0.5, 0.6) is 0 Å². The van der Waals surface area contributed by atoms with Gasteiger partial charge in [0.25, 0.3) is 5.91 Å². The van der Waals surface area contributed by atoms with Crippen molar-refractivity contribution in [2.75, 3.05) is 7.05 Å². The van der Waals surface area contributed by atoms with E-state index in [9.17, 15) is 14.9 Å². The van der Waals surface area contributed by atoms with Crippen LogP contribution in [0.1, 0.15) is 28.2 Å². The Balaban J connectivity index is 2.17. The fourth-order valence-electron chi connectivity index (χ4n) is 1.85. The molecule has 1 aromatic carbocycles. The van der Waals surface area contributed by atoms with E-state index < -0.39 is 4.92 Å². The predicted molar refractivity (Wildman–Crippen MR) is 77.9 cm³/mol. The van der Waals surface area contributed by atoms with Gasteiger partial charge in [-0.15, -0.1) is 0 Å². The first-order chi connectivity index (χ1) is 9.50. The number of amides is 1. The Labute approximate surface area is 120 Å². The van der Waals surface area contributed by atoms with Gasteiger partial charge in [-0.3, -0.25) is 14.9 Å². The zero-order valence-electron chi connectivity index (χ0n) is 11.1. The van der Waals surface area contributed by atoms with E-state index in [-0.39, 0.29) is 17.0 Å². The van der Waals surface area contributed by atoms with Crippen LogP contribution in [0.15, 0.2) is 42.5 Å². The number of hydrogen-bond acceptors (Lipinski definition) is 4. The molecule has 0 aliphatic heterocycles. The van der Waals surface area contributed by atoms with Crippen LogP contribution in [0.3, 0.4) is 0 Å². The van der Waals surface area contributed by atoms with E-state index >= 15 is 0 Å². The van der Waals surface area contributed by atoms with Gasteiger partial charge in [0, 0.05) is 13.1 Å². The van der Waals surface area contributed by atoms with Gasteiger partial charge in [0.15, 0.2) is 0 Å². The Hall–Kier alpha value is -2.21. The molecule has 0 saturated carbocycles. The normalized spacial score (nSPS) is 11.9. The zero-order valence-corrected chi connectivity index (χ0v) is 12.0. The van der Waals surface area contributed by atoms with Gasteiger partial charge in [-0.25, -0.2) is 0 Å². The molecule has 0 aliphatic carbocycles. The minimum Gasteiger partial charge on any atom is -0.334 e. The van der Waals surface area contributed by atoms with Crippen molar-refractivity contribution in [1.82, 2.24) is 4.90 Å². The minimum absolute atomic E-state index is 0.0193. The molecule has 6 heteroatoms. The Morgan fingerprint density at radius 3 is 2.45 bits per heavy atom. The molecule has 1 atom stereocenters. The summed E-state index contributed by atoms with van der Waals surface area (Å²) in [6, 6.07) is 12.4. The molecule has 0 radical (unpaired) electrons. The molecule has 0 fully saturated rings. The monoisotopic (exact) mass is 290 g/mol. The number of thiophene rings is 1. The van der Waals surface area contributed by atoms with E-state index in [0.717, 1.165) is 16.9 Å².